The smallest absolute Gasteiger partial charge is 0.237 e. The average Bonchev–Trinajstić information content (AvgIpc) is 2.98. The Balaban J connectivity index is 2.25. The van der Waals surface area contributed by atoms with Crippen LogP contribution in [0, 0.1) is 11.8 Å². The first-order chi connectivity index (χ1) is 11.9. The lowest BCUT2D eigenvalue weighted by Gasteiger charge is -2.08. The normalized spacial score (nSPS) is 13.4. The van der Waals surface area contributed by atoms with E-state index in [-0.39, 0.29) is 0 Å². The van der Waals surface area contributed by atoms with Crippen molar-refractivity contribution in [3.8, 4) is 0 Å². The van der Waals surface area contributed by atoms with Crippen LogP contribution >= 0.6 is 0 Å². The lowest BCUT2D eigenvalue weighted by Crippen LogP contribution is -2.32. The molecule has 142 valence electrons. The molecule has 0 aromatic carbocycles. The van der Waals surface area contributed by atoms with Gasteiger partial charge in [0.05, 0.1) is 13.1 Å². The van der Waals surface area contributed by atoms with Crippen LogP contribution in [0.1, 0.15) is 80.1 Å². The summed E-state index contributed by atoms with van der Waals surface area (Å²) in [7, 11) is 0. The van der Waals surface area contributed by atoms with E-state index >= 15 is 0 Å². The maximum absolute atomic E-state index is 2.38. The van der Waals surface area contributed by atoms with Crippen molar-refractivity contribution in [2.75, 3.05) is 0 Å². The highest BCUT2D eigenvalue weighted by Gasteiger charge is 2.09. The van der Waals surface area contributed by atoms with Crippen LogP contribution in [0.4, 0.5) is 0 Å². The Morgan fingerprint density at radius 3 is 2.00 bits per heavy atom. The number of aryl methyl sites for hydroxylation is 2. The molecule has 0 bridgehead atoms. The van der Waals surface area contributed by atoms with Gasteiger partial charge in [-0.15, -0.1) is 0 Å². The Labute approximate surface area is 156 Å². The molecule has 0 aliphatic heterocycles. The number of rotatable bonds is 12. The largest absolute Gasteiger partial charge is 0.243 e. The predicted octanol–water partition coefficient (Wildman–Crippen LogP) is 6.32. The second-order valence-electron chi connectivity index (χ2n) is 8.39. The third-order valence-electron chi connectivity index (χ3n) is 4.93. The molecule has 0 spiro atoms. The molecule has 0 aliphatic rings. The standard InChI is InChI=1S/C23H41N2/c1-20(2)9-7-11-22(5)13-15-24-17-18-25(19-24)16-14-23(6)12-8-10-21(3)4/h9-10,17-19,22-23H,7-8,11-16H2,1-6H3/q+1/t22-,23-/m1/s1. The fourth-order valence-corrected chi connectivity index (χ4v) is 3.04. The Kier molecular flexibility index (Phi) is 10.5. The second kappa shape index (κ2) is 12.1. The van der Waals surface area contributed by atoms with Crippen molar-refractivity contribution in [3.05, 3.63) is 42.0 Å². The third-order valence-corrected chi connectivity index (χ3v) is 4.93. The molecule has 0 radical (unpaired) electrons. The van der Waals surface area contributed by atoms with Gasteiger partial charge in [-0.3, -0.25) is 0 Å². The molecule has 1 aromatic heterocycles. The van der Waals surface area contributed by atoms with Gasteiger partial charge in [0.2, 0.25) is 6.33 Å². The number of allylic oxidation sites excluding steroid dienone is 4. The van der Waals surface area contributed by atoms with Gasteiger partial charge in [0.1, 0.15) is 12.4 Å². The molecule has 0 saturated carbocycles. The molecule has 0 unspecified atom stereocenters. The SMILES string of the molecule is CC(C)=CCC[C@@H](C)CCn1cc[n+](CC[C@H](C)CCC=C(C)C)c1. The topological polar surface area (TPSA) is 8.81 Å². The summed E-state index contributed by atoms with van der Waals surface area (Å²) >= 11 is 0. The number of aromatic nitrogens is 2. The number of nitrogens with zero attached hydrogens (tertiary/aromatic N) is 2. The van der Waals surface area contributed by atoms with Crippen LogP contribution in [0.3, 0.4) is 0 Å². The van der Waals surface area contributed by atoms with Crippen molar-refractivity contribution in [3.63, 3.8) is 0 Å². The molecule has 0 aliphatic carbocycles. The molecule has 1 aromatic rings. The molecule has 0 saturated heterocycles. The first kappa shape index (κ1) is 21.7. The summed E-state index contributed by atoms with van der Waals surface area (Å²) in [6.45, 7) is 15.8. The summed E-state index contributed by atoms with van der Waals surface area (Å²) in [4.78, 5) is 0. The van der Waals surface area contributed by atoms with Gasteiger partial charge in [0.15, 0.2) is 0 Å². The molecular formula is C23H41N2+. The molecule has 2 nitrogen and oxygen atoms in total. The minimum Gasteiger partial charge on any atom is -0.237 e. The summed E-state index contributed by atoms with van der Waals surface area (Å²) in [6.07, 6.45) is 19.1. The van der Waals surface area contributed by atoms with Crippen LogP contribution in [0.25, 0.3) is 0 Å². The summed E-state index contributed by atoms with van der Waals surface area (Å²) < 4.78 is 4.70. The highest BCUT2D eigenvalue weighted by atomic mass is 15.1. The quantitative estimate of drug-likeness (QED) is 0.309. The van der Waals surface area contributed by atoms with Crippen molar-refractivity contribution in [2.45, 2.75) is 93.2 Å². The van der Waals surface area contributed by atoms with E-state index < -0.39 is 0 Å². The van der Waals surface area contributed by atoms with Crippen LogP contribution in [0.2, 0.25) is 0 Å². The fraction of sp³-hybridized carbons (Fsp3) is 0.696. The Morgan fingerprint density at radius 1 is 0.880 bits per heavy atom. The van der Waals surface area contributed by atoms with Gasteiger partial charge >= 0.3 is 0 Å². The number of hydrogen-bond donors (Lipinski definition) is 0. The first-order valence-electron chi connectivity index (χ1n) is 10.2. The maximum Gasteiger partial charge on any atom is 0.243 e. The zero-order valence-corrected chi connectivity index (χ0v) is 17.6. The summed E-state index contributed by atoms with van der Waals surface area (Å²) in [5, 5.41) is 0. The molecule has 2 heteroatoms. The van der Waals surface area contributed by atoms with Crippen LogP contribution in [0.15, 0.2) is 42.0 Å². The van der Waals surface area contributed by atoms with E-state index in [1.54, 1.807) is 0 Å². The molecule has 1 rings (SSSR count). The van der Waals surface area contributed by atoms with Gasteiger partial charge < -0.3 is 0 Å². The molecule has 0 fully saturated rings. The molecule has 0 amide bonds. The van der Waals surface area contributed by atoms with Crippen LogP contribution in [-0.4, -0.2) is 4.57 Å². The Bertz CT molecular complexity index is 482. The molecular weight excluding hydrogens is 304 g/mol. The van der Waals surface area contributed by atoms with Crippen molar-refractivity contribution >= 4 is 0 Å². The van der Waals surface area contributed by atoms with E-state index in [1.165, 1.54) is 49.7 Å². The summed E-state index contributed by atoms with van der Waals surface area (Å²) in [5.41, 5.74) is 2.88. The van der Waals surface area contributed by atoms with E-state index in [9.17, 15) is 0 Å². The van der Waals surface area contributed by atoms with Gasteiger partial charge in [-0.25, -0.2) is 9.13 Å². The van der Waals surface area contributed by atoms with Gasteiger partial charge in [0.25, 0.3) is 0 Å². The minimum atomic E-state index is 0.793. The van der Waals surface area contributed by atoms with Crippen molar-refractivity contribution in [1.29, 1.82) is 0 Å². The highest BCUT2D eigenvalue weighted by molar-refractivity contribution is 4.93. The number of hydrogen-bond acceptors (Lipinski definition) is 0. The zero-order chi connectivity index (χ0) is 18.7. The van der Waals surface area contributed by atoms with E-state index in [0.29, 0.717) is 0 Å². The van der Waals surface area contributed by atoms with Crippen molar-refractivity contribution in [2.24, 2.45) is 11.8 Å². The van der Waals surface area contributed by atoms with Gasteiger partial charge in [-0.1, -0.05) is 37.1 Å². The van der Waals surface area contributed by atoms with E-state index in [4.69, 9.17) is 0 Å². The van der Waals surface area contributed by atoms with Crippen LogP contribution in [-0.2, 0) is 13.1 Å². The van der Waals surface area contributed by atoms with Crippen molar-refractivity contribution < 1.29 is 4.57 Å². The Hall–Kier alpha value is -1.31. The first-order valence-corrected chi connectivity index (χ1v) is 10.2. The highest BCUT2D eigenvalue weighted by Crippen LogP contribution is 2.13. The summed E-state index contributed by atoms with van der Waals surface area (Å²) in [6, 6.07) is 0. The second-order valence-corrected chi connectivity index (χ2v) is 8.39. The average molecular weight is 346 g/mol. The molecule has 25 heavy (non-hydrogen) atoms. The molecule has 0 N–H and O–H groups in total. The fourth-order valence-electron chi connectivity index (χ4n) is 3.04. The lowest BCUT2D eigenvalue weighted by atomic mass is 10.0. The Morgan fingerprint density at radius 2 is 1.44 bits per heavy atom. The molecule has 2 atom stereocenters. The van der Waals surface area contributed by atoms with Gasteiger partial charge in [-0.05, 0) is 78.1 Å². The molecule has 1 heterocycles. The van der Waals surface area contributed by atoms with Crippen molar-refractivity contribution in [1.82, 2.24) is 4.57 Å². The van der Waals surface area contributed by atoms with Crippen LogP contribution < -0.4 is 4.57 Å². The maximum atomic E-state index is 2.38. The number of imidazole rings is 1. The van der Waals surface area contributed by atoms with E-state index in [0.717, 1.165) is 24.9 Å². The zero-order valence-electron chi connectivity index (χ0n) is 17.6. The lowest BCUT2D eigenvalue weighted by molar-refractivity contribution is -0.697. The third kappa shape index (κ3) is 11.0. The monoisotopic (exact) mass is 345 g/mol. The van der Waals surface area contributed by atoms with Crippen LogP contribution in [0.5, 0.6) is 0 Å². The van der Waals surface area contributed by atoms with Gasteiger partial charge in [-0.2, -0.15) is 0 Å². The minimum absolute atomic E-state index is 0.793. The summed E-state index contributed by atoms with van der Waals surface area (Å²) in [5.74, 6) is 1.59. The van der Waals surface area contributed by atoms with Gasteiger partial charge in [0, 0.05) is 0 Å². The van der Waals surface area contributed by atoms with E-state index in [2.05, 4.69) is 81.5 Å². The predicted molar refractivity (Wildman–Crippen MR) is 110 cm³/mol. The van der Waals surface area contributed by atoms with E-state index in [1.807, 2.05) is 0 Å².